The van der Waals surface area contributed by atoms with Gasteiger partial charge in [0.25, 0.3) is 0 Å². The zero-order chi connectivity index (χ0) is 17.6. The SMILES string of the molecule is COC(=O)/C(C=NC(C)(C)C)=C(\O)c1ccc(OC)cc1OC. The molecule has 126 valence electrons. The highest BCUT2D eigenvalue weighted by atomic mass is 16.5. The van der Waals surface area contributed by atoms with E-state index in [1.807, 2.05) is 20.8 Å². The maximum absolute atomic E-state index is 12.0. The molecule has 6 heteroatoms. The fourth-order valence-corrected chi connectivity index (χ4v) is 1.72. The van der Waals surface area contributed by atoms with Gasteiger partial charge in [-0.1, -0.05) is 0 Å². The zero-order valence-corrected chi connectivity index (χ0v) is 14.3. The highest BCUT2D eigenvalue weighted by molar-refractivity contribution is 6.15. The molecule has 0 aliphatic rings. The van der Waals surface area contributed by atoms with E-state index < -0.39 is 11.5 Å². The first-order chi connectivity index (χ1) is 10.7. The van der Waals surface area contributed by atoms with Crippen molar-refractivity contribution in [3.63, 3.8) is 0 Å². The maximum Gasteiger partial charge on any atom is 0.343 e. The molecule has 0 fully saturated rings. The van der Waals surface area contributed by atoms with Gasteiger partial charge in [-0.3, -0.25) is 4.99 Å². The number of esters is 1. The average Bonchev–Trinajstić information content (AvgIpc) is 2.52. The van der Waals surface area contributed by atoms with Gasteiger partial charge in [0, 0.05) is 12.3 Å². The number of hydrogen-bond donors (Lipinski definition) is 1. The number of nitrogens with zero attached hydrogens (tertiary/aromatic N) is 1. The minimum absolute atomic E-state index is 0.0501. The van der Waals surface area contributed by atoms with E-state index in [0.29, 0.717) is 17.1 Å². The van der Waals surface area contributed by atoms with Crippen LogP contribution in [0.1, 0.15) is 26.3 Å². The van der Waals surface area contributed by atoms with Gasteiger partial charge in [-0.05, 0) is 32.9 Å². The molecule has 0 heterocycles. The minimum Gasteiger partial charge on any atom is -0.506 e. The van der Waals surface area contributed by atoms with Crippen molar-refractivity contribution in [3.05, 3.63) is 29.3 Å². The molecule has 23 heavy (non-hydrogen) atoms. The summed E-state index contributed by atoms with van der Waals surface area (Å²) in [7, 11) is 4.23. The molecule has 0 radical (unpaired) electrons. The van der Waals surface area contributed by atoms with E-state index in [1.165, 1.54) is 27.5 Å². The van der Waals surface area contributed by atoms with E-state index in [2.05, 4.69) is 4.99 Å². The number of benzene rings is 1. The molecular weight excluding hydrogens is 298 g/mol. The molecule has 1 N–H and O–H groups in total. The van der Waals surface area contributed by atoms with Crippen molar-refractivity contribution in [2.45, 2.75) is 26.3 Å². The average molecular weight is 321 g/mol. The lowest BCUT2D eigenvalue weighted by Crippen LogP contribution is -2.14. The van der Waals surface area contributed by atoms with Crippen LogP contribution < -0.4 is 9.47 Å². The normalized spacial score (nSPS) is 12.8. The highest BCUT2D eigenvalue weighted by Crippen LogP contribution is 2.30. The summed E-state index contributed by atoms with van der Waals surface area (Å²) in [4.78, 5) is 16.2. The summed E-state index contributed by atoms with van der Waals surface area (Å²) < 4.78 is 15.1. The molecule has 6 nitrogen and oxygen atoms in total. The summed E-state index contributed by atoms with van der Waals surface area (Å²) in [6.45, 7) is 5.64. The van der Waals surface area contributed by atoms with Crippen LogP contribution in [0, 0.1) is 0 Å². The Hall–Kier alpha value is -2.50. The Bertz CT molecular complexity index is 626. The smallest absolute Gasteiger partial charge is 0.343 e. The number of hydrogen-bond acceptors (Lipinski definition) is 6. The van der Waals surface area contributed by atoms with Crippen LogP contribution in [-0.2, 0) is 9.53 Å². The van der Waals surface area contributed by atoms with Gasteiger partial charge in [-0.2, -0.15) is 0 Å². The Kier molecular flexibility index (Phi) is 6.18. The van der Waals surface area contributed by atoms with Crippen LogP contribution >= 0.6 is 0 Å². The van der Waals surface area contributed by atoms with Crippen molar-refractivity contribution in [2.75, 3.05) is 21.3 Å². The molecule has 0 spiro atoms. The summed E-state index contributed by atoms with van der Waals surface area (Å²) in [6, 6.07) is 4.87. The Labute approximate surface area is 136 Å². The van der Waals surface area contributed by atoms with Gasteiger partial charge in [0.05, 0.1) is 32.4 Å². The van der Waals surface area contributed by atoms with Crippen LogP contribution in [0.4, 0.5) is 0 Å². The lowest BCUT2D eigenvalue weighted by atomic mass is 10.1. The fraction of sp³-hybridized carbons (Fsp3) is 0.412. The summed E-state index contributed by atoms with van der Waals surface area (Å²) in [5, 5.41) is 10.5. The summed E-state index contributed by atoms with van der Waals surface area (Å²) in [6.07, 6.45) is 1.31. The Morgan fingerprint density at radius 3 is 2.30 bits per heavy atom. The van der Waals surface area contributed by atoms with Crippen molar-refractivity contribution in [3.8, 4) is 11.5 Å². The van der Waals surface area contributed by atoms with Crippen LogP contribution in [0.15, 0.2) is 28.8 Å². The van der Waals surface area contributed by atoms with Gasteiger partial charge in [0.1, 0.15) is 22.8 Å². The lowest BCUT2D eigenvalue weighted by Gasteiger charge is -2.14. The summed E-state index contributed by atoms with van der Waals surface area (Å²) in [5.74, 6) is -0.0217. The molecule has 1 rings (SSSR count). The van der Waals surface area contributed by atoms with E-state index in [0.717, 1.165) is 0 Å². The standard InChI is InChI=1S/C17H23NO5/c1-17(2,3)18-10-13(16(20)23-6)15(19)12-8-7-11(21-4)9-14(12)22-5/h7-10,19H,1-6H3/b15-13-,18-10?. The number of carbonyl (C=O) groups excluding carboxylic acids is 1. The van der Waals surface area contributed by atoms with Gasteiger partial charge < -0.3 is 19.3 Å². The first-order valence-electron chi connectivity index (χ1n) is 7.02. The Morgan fingerprint density at radius 1 is 1.17 bits per heavy atom. The molecule has 1 aromatic carbocycles. The molecule has 0 aromatic heterocycles. The maximum atomic E-state index is 12.0. The van der Waals surface area contributed by atoms with E-state index in [9.17, 15) is 9.90 Å². The highest BCUT2D eigenvalue weighted by Gasteiger charge is 2.20. The molecule has 0 atom stereocenters. The van der Waals surface area contributed by atoms with Crippen LogP contribution in [0.5, 0.6) is 11.5 Å². The monoisotopic (exact) mass is 321 g/mol. The van der Waals surface area contributed by atoms with Gasteiger partial charge in [0.2, 0.25) is 0 Å². The van der Waals surface area contributed by atoms with Crippen molar-refractivity contribution in [1.82, 2.24) is 0 Å². The molecule has 0 aliphatic heterocycles. The molecule has 1 aromatic rings. The van der Waals surface area contributed by atoms with Crippen molar-refractivity contribution < 1.29 is 24.1 Å². The predicted molar refractivity (Wildman–Crippen MR) is 89.4 cm³/mol. The second-order valence-electron chi connectivity index (χ2n) is 5.75. The van der Waals surface area contributed by atoms with Crippen LogP contribution in [0.25, 0.3) is 5.76 Å². The number of aliphatic imine (C=N–C) groups is 1. The van der Waals surface area contributed by atoms with Gasteiger partial charge in [0.15, 0.2) is 0 Å². The molecular formula is C17H23NO5. The first-order valence-corrected chi connectivity index (χ1v) is 7.02. The molecule has 0 aliphatic carbocycles. The number of methoxy groups -OCH3 is 3. The number of carbonyl (C=O) groups is 1. The molecule has 0 amide bonds. The van der Waals surface area contributed by atoms with E-state index in [-0.39, 0.29) is 11.3 Å². The van der Waals surface area contributed by atoms with Crippen LogP contribution in [0.2, 0.25) is 0 Å². The van der Waals surface area contributed by atoms with E-state index in [4.69, 9.17) is 14.2 Å². The van der Waals surface area contributed by atoms with E-state index in [1.54, 1.807) is 18.2 Å². The minimum atomic E-state index is -0.687. The molecule has 0 saturated carbocycles. The van der Waals surface area contributed by atoms with Gasteiger partial charge in [-0.15, -0.1) is 0 Å². The summed E-state index contributed by atoms with van der Waals surface area (Å²) >= 11 is 0. The van der Waals surface area contributed by atoms with Crippen LogP contribution in [-0.4, -0.2) is 44.2 Å². The quantitative estimate of drug-likeness (QED) is 0.390. The summed E-state index contributed by atoms with van der Waals surface area (Å²) in [5.41, 5.74) is -0.108. The van der Waals surface area contributed by atoms with Gasteiger partial charge >= 0.3 is 5.97 Å². The number of aliphatic hydroxyl groups excluding tert-OH is 1. The predicted octanol–water partition coefficient (Wildman–Crippen LogP) is 3.02. The molecule has 0 saturated heterocycles. The third-order valence-electron chi connectivity index (χ3n) is 2.91. The fourth-order valence-electron chi connectivity index (χ4n) is 1.72. The number of aliphatic hydroxyl groups is 1. The lowest BCUT2D eigenvalue weighted by molar-refractivity contribution is -0.135. The molecule has 0 unspecified atom stereocenters. The number of ether oxygens (including phenoxy) is 3. The molecule has 0 bridgehead atoms. The largest absolute Gasteiger partial charge is 0.506 e. The van der Waals surface area contributed by atoms with Crippen molar-refractivity contribution in [2.24, 2.45) is 4.99 Å². The second kappa shape index (κ2) is 7.67. The second-order valence-corrected chi connectivity index (χ2v) is 5.75. The van der Waals surface area contributed by atoms with Crippen molar-refractivity contribution >= 4 is 17.9 Å². The van der Waals surface area contributed by atoms with Crippen molar-refractivity contribution in [1.29, 1.82) is 0 Å². The third kappa shape index (κ3) is 5.02. The Morgan fingerprint density at radius 2 is 1.83 bits per heavy atom. The first kappa shape index (κ1) is 18.5. The number of rotatable bonds is 5. The third-order valence-corrected chi connectivity index (χ3v) is 2.91. The topological polar surface area (TPSA) is 77.4 Å². The van der Waals surface area contributed by atoms with Gasteiger partial charge in [-0.25, -0.2) is 4.79 Å². The van der Waals surface area contributed by atoms with E-state index >= 15 is 0 Å². The van der Waals surface area contributed by atoms with Crippen LogP contribution in [0.3, 0.4) is 0 Å². The zero-order valence-electron chi connectivity index (χ0n) is 14.3. The Balaban J connectivity index is 3.46.